The van der Waals surface area contributed by atoms with Gasteiger partial charge < -0.3 is 10.0 Å². The number of nitrogens with zero attached hydrogens (tertiary/aromatic N) is 2. The van der Waals surface area contributed by atoms with Gasteiger partial charge in [-0.1, -0.05) is 18.2 Å². The molecule has 0 aliphatic heterocycles. The molecule has 0 heterocycles. The van der Waals surface area contributed by atoms with E-state index in [4.69, 9.17) is 5.11 Å². The fourth-order valence-electron chi connectivity index (χ4n) is 1.61. The lowest BCUT2D eigenvalue weighted by Crippen LogP contribution is -2.53. The van der Waals surface area contributed by atoms with Gasteiger partial charge in [0, 0.05) is 14.1 Å². The van der Waals surface area contributed by atoms with Crippen LogP contribution in [0.3, 0.4) is 0 Å². The number of carbonyl (C=O) groups excluding carboxylic acids is 1. The Morgan fingerprint density at radius 2 is 1.64 bits per heavy atom. The zero-order valence-corrected chi connectivity index (χ0v) is 13.8. The summed E-state index contributed by atoms with van der Waals surface area (Å²) in [5.41, 5.74) is -1.42. The molecular weight excluding hydrogens is 308 g/mol. The normalized spacial score (nSPS) is 12.2. The lowest BCUT2D eigenvalue weighted by Gasteiger charge is -2.32. The lowest BCUT2D eigenvalue weighted by molar-refractivity contribution is -0.155. The number of likely N-dealkylation sites (N-methyl/N-ethyl adjacent to an activating group) is 2. The van der Waals surface area contributed by atoms with Crippen molar-refractivity contribution in [2.75, 3.05) is 20.6 Å². The molecule has 0 aliphatic carbocycles. The van der Waals surface area contributed by atoms with Crippen LogP contribution in [-0.4, -0.2) is 60.8 Å². The van der Waals surface area contributed by atoms with E-state index in [0.29, 0.717) is 0 Å². The van der Waals surface area contributed by atoms with Crippen LogP contribution in [0.1, 0.15) is 13.8 Å². The average molecular weight is 328 g/mol. The van der Waals surface area contributed by atoms with Crippen LogP contribution in [0.2, 0.25) is 0 Å². The average Bonchev–Trinajstić information content (AvgIpc) is 2.46. The van der Waals surface area contributed by atoms with Crippen LogP contribution in [0.15, 0.2) is 35.2 Å². The van der Waals surface area contributed by atoms with E-state index in [2.05, 4.69) is 0 Å². The zero-order valence-electron chi connectivity index (χ0n) is 13.0. The number of rotatable bonds is 6. The molecule has 0 unspecified atom stereocenters. The van der Waals surface area contributed by atoms with Crippen molar-refractivity contribution in [3.8, 4) is 0 Å². The first kappa shape index (κ1) is 18.1. The number of carboxylic acid groups (broad SMARTS) is 1. The van der Waals surface area contributed by atoms with Crippen molar-refractivity contribution in [1.29, 1.82) is 0 Å². The highest BCUT2D eigenvalue weighted by Gasteiger charge is 2.36. The third-order valence-corrected chi connectivity index (χ3v) is 5.36. The molecule has 0 atom stereocenters. The maximum absolute atomic E-state index is 12.3. The van der Waals surface area contributed by atoms with Crippen LogP contribution < -0.4 is 0 Å². The third kappa shape index (κ3) is 3.63. The molecule has 0 aromatic heterocycles. The van der Waals surface area contributed by atoms with Crippen molar-refractivity contribution in [2.45, 2.75) is 24.3 Å². The summed E-state index contributed by atoms with van der Waals surface area (Å²) in [4.78, 5) is 24.4. The molecule has 22 heavy (non-hydrogen) atoms. The number of amides is 1. The monoisotopic (exact) mass is 328 g/mol. The fraction of sp³-hybridized carbons (Fsp3) is 0.429. The molecule has 1 rings (SSSR count). The minimum Gasteiger partial charge on any atom is -0.480 e. The van der Waals surface area contributed by atoms with Crippen LogP contribution >= 0.6 is 0 Å². The Kier molecular flexibility index (Phi) is 5.31. The second-order valence-electron chi connectivity index (χ2n) is 5.39. The quantitative estimate of drug-likeness (QED) is 0.826. The van der Waals surface area contributed by atoms with E-state index in [1.807, 2.05) is 0 Å². The minimum atomic E-state index is -3.79. The summed E-state index contributed by atoms with van der Waals surface area (Å²) in [6.07, 6.45) is 0. The Morgan fingerprint density at radius 1 is 1.14 bits per heavy atom. The second kappa shape index (κ2) is 6.45. The van der Waals surface area contributed by atoms with Gasteiger partial charge in [-0.15, -0.1) is 0 Å². The standard InChI is InChI=1S/C14H20N2O5S/c1-14(2,13(18)19)16(4)12(17)10-15(3)22(20,21)11-8-6-5-7-9-11/h5-9H,10H2,1-4H3,(H,18,19). The van der Waals surface area contributed by atoms with E-state index in [9.17, 15) is 18.0 Å². The van der Waals surface area contributed by atoms with Gasteiger partial charge in [0.1, 0.15) is 5.54 Å². The molecule has 0 fully saturated rings. The second-order valence-corrected chi connectivity index (χ2v) is 7.44. The van der Waals surface area contributed by atoms with E-state index in [1.54, 1.807) is 18.2 Å². The Morgan fingerprint density at radius 3 is 2.09 bits per heavy atom. The van der Waals surface area contributed by atoms with E-state index < -0.39 is 34.0 Å². The van der Waals surface area contributed by atoms with Crippen LogP contribution in [0.5, 0.6) is 0 Å². The molecule has 122 valence electrons. The number of hydrogen-bond acceptors (Lipinski definition) is 4. The molecule has 1 aromatic rings. The number of hydrogen-bond donors (Lipinski definition) is 1. The summed E-state index contributed by atoms with van der Waals surface area (Å²) < 4.78 is 25.5. The molecule has 0 spiro atoms. The smallest absolute Gasteiger partial charge is 0.329 e. The fourth-order valence-corrected chi connectivity index (χ4v) is 2.75. The van der Waals surface area contributed by atoms with Gasteiger partial charge in [-0.2, -0.15) is 4.31 Å². The zero-order chi connectivity index (χ0) is 17.1. The van der Waals surface area contributed by atoms with E-state index in [-0.39, 0.29) is 4.90 Å². The third-order valence-electron chi connectivity index (χ3n) is 3.55. The summed E-state index contributed by atoms with van der Waals surface area (Å²) in [5, 5.41) is 9.11. The van der Waals surface area contributed by atoms with Crippen LogP contribution in [0.4, 0.5) is 0 Å². The summed E-state index contributed by atoms with van der Waals surface area (Å²) in [5.74, 6) is -1.77. The van der Waals surface area contributed by atoms with E-state index in [1.165, 1.54) is 40.1 Å². The predicted octanol–water partition coefficient (Wildman–Crippen LogP) is 0.629. The van der Waals surface area contributed by atoms with Crippen molar-refractivity contribution in [1.82, 2.24) is 9.21 Å². The van der Waals surface area contributed by atoms with E-state index >= 15 is 0 Å². The first-order valence-electron chi connectivity index (χ1n) is 6.52. The molecule has 0 bridgehead atoms. The molecule has 1 aromatic carbocycles. The van der Waals surface area contributed by atoms with Crippen molar-refractivity contribution >= 4 is 21.9 Å². The summed E-state index contributed by atoms with van der Waals surface area (Å²) in [6.45, 7) is 2.31. The Balaban J connectivity index is 2.91. The summed E-state index contributed by atoms with van der Waals surface area (Å²) in [6, 6.07) is 7.72. The highest BCUT2D eigenvalue weighted by Crippen LogP contribution is 2.16. The van der Waals surface area contributed by atoms with Crippen LogP contribution in [0.25, 0.3) is 0 Å². The largest absolute Gasteiger partial charge is 0.480 e. The van der Waals surface area contributed by atoms with Gasteiger partial charge in [-0.05, 0) is 26.0 Å². The van der Waals surface area contributed by atoms with Crippen molar-refractivity contribution in [3.05, 3.63) is 30.3 Å². The molecule has 7 nitrogen and oxygen atoms in total. The number of carbonyl (C=O) groups is 2. The van der Waals surface area contributed by atoms with Gasteiger partial charge in [0.15, 0.2) is 0 Å². The van der Waals surface area contributed by atoms with Crippen LogP contribution in [0, 0.1) is 0 Å². The van der Waals surface area contributed by atoms with Crippen LogP contribution in [-0.2, 0) is 19.6 Å². The number of carboxylic acids is 1. The maximum Gasteiger partial charge on any atom is 0.329 e. The SMILES string of the molecule is CN(C(=O)CN(C)S(=O)(=O)c1ccccc1)C(C)(C)C(=O)O. The maximum atomic E-state index is 12.3. The van der Waals surface area contributed by atoms with Gasteiger partial charge in [0.05, 0.1) is 11.4 Å². The Bertz CT molecular complexity index is 655. The first-order chi connectivity index (χ1) is 10.0. The van der Waals surface area contributed by atoms with Crippen molar-refractivity contribution in [3.63, 3.8) is 0 Å². The highest BCUT2D eigenvalue weighted by atomic mass is 32.2. The molecule has 0 saturated heterocycles. The van der Waals surface area contributed by atoms with Gasteiger partial charge in [-0.25, -0.2) is 13.2 Å². The molecule has 0 saturated carbocycles. The molecule has 0 aliphatic rings. The van der Waals surface area contributed by atoms with Gasteiger partial charge >= 0.3 is 5.97 Å². The Hall–Kier alpha value is -1.93. The molecule has 0 radical (unpaired) electrons. The molecule has 1 N–H and O–H groups in total. The molecule has 1 amide bonds. The summed E-state index contributed by atoms with van der Waals surface area (Å²) >= 11 is 0. The topological polar surface area (TPSA) is 95.0 Å². The van der Waals surface area contributed by atoms with Gasteiger partial charge in [0.2, 0.25) is 15.9 Å². The lowest BCUT2D eigenvalue weighted by atomic mass is 10.0. The first-order valence-corrected chi connectivity index (χ1v) is 7.96. The van der Waals surface area contributed by atoms with Crippen molar-refractivity contribution in [2.24, 2.45) is 0 Å². The Labute approximate surface area is 130 Å². The summed E-state index contributed by atoms with van der Waals surface area (Å²) in [7, 11) is -1.18. The van der Waals surface area contributed by atoms with Gasteiger partial charge in [0.25, 0.3) is 0 Å². The number of sulfonamides is 1. The van der Waals surface area contributed by atoms with Gasteiger partial charge in [-0.3, -0.25) is 4.79 Å². The number of benzene rings is 1. The predicted molar refractivity (Wildman–Crippen MR) is 80.7 cm³/mol. The van der Waals surface area contributed by atoms with E-state index in [0.717, 1.165) is 9.21 Å². The van der Waals surface area contributed by atoms with Crippen molar-refractivity contribution < 1.29 is 23.1 Å². The minimum absolute atomic E-state index is 0.0745. The highest BCUT2D eigenvalue weighted by molar-refractivity contribution is 7.89. The molecular formula is C14H20N2O5S. The number of aliphatic carboxylic acids is 1. The molecule has 8 heteroatoms.